The molecule has 1 unspecified atom stereocenters. The van der Waals surface area contributed by atoms with E-state index in [2.05, 4.69) is 26.3 Å². The molecule has 1 atom stereocenters. The molecular formula is C19H18BrN3O2. The zero-order valence-electron chi connectivity index (χ0n) is 14.0. The van der Waals surface area contributed by atoms with Gasteiger partial charge >= 0.3 is 0 Å². The summed E-state index contributed by atoms with van der Waals surface area (Å²) in [6.07, 6.45) is 0.121. The summed E-state index contributed by atoms with van der Waals surface area (Å²) in [5.74, 6) is -0.133. The molecule has 0 aliphatic carbocycles. The summed E-state index contributed by atoms with van der Waals surface area (Å²) >= 11 is 3.40. The molecule has 6 heteroatoms. The van der Waals surface area contributed by atoms with Gasteiger partial charge in [0.05, 0.1) is 23.5 Å². The number of nitrogens with zero attached hydrogens (tertiary/aromatic N) is 2. The molecule has 0 bridgehead atoms. The van der Waals surface area contributed by atoms with Crippen LogP contribution in [0.5, 0.6) is 0 Å². The molecule has 3 rings (SSSR count). The normalized spacial score (nSPS) is 12.1. The number of rotatable bonds is 4. The number of nitrogens with one attached hydrogen (secondary N) is 1. The maximum atomic E-state index is 12.5. The van der Waals surface area contributed by atoms with Crippen LogP contribution in [0, 0.1) is 0 Å². The zero-order valence-corrected chi connectivity index (χ0v) is 15.6. The first-order valence-electron chi connectivity index (χ1n) is 7.95. The fraction of sp³-hybridized carbons (Fsp3) is 0.211. The molecule has 5 nitrogen and oxygen atoms in total. The van der Waals surface area contributed by atoms with Crippen molar-refractivity contribution in [2.45, 2.75) is 19.4 Å². The number of benzene rings is 2. The Morgan fingerprint density at radius 3 is 2.48 bits per heavy atom. The van der Waals surface area contributed by atoms with E-state index in [0.29, 0.717) is 11.1 Å². The van der Waals surface area contributed by atoms with Crippen LogP contribution in [-0.2, 0) is 18.3 Å². The molecule has 0 radical (unpaired) electrons. The molecule has 0 saturated heterocycles. The number of carbonyl (C=O) groups is 1. The lowest BCUT2D eigenvalue weighted by Gasteiger charge is -2.15. The smallest absolute Gasteiger partial charge is 0.274 e. The second kappa shape index (κ2) is 7.19. The molecule has 1 amide bonds. The first-order valence-corrected chi connectivity index (χ1v) is 8.75. The lowest BCUT2D eigenvalue weighted by Crippen LogP contribution is -2.30. The number of halogens is 1. The largest absolute Gasteiger partial charge is 0.349 e. The van der Waals surface area contributed by atoms with Crippen LogP contribution in [0.3, 0.4) is 0 Å². The van der Waals surface area contributed by atoms with Gasteiger partial charge in [-0.15, -0.1) is 0 Å². The van der Waals surface area contributed by atoms with Gasteiger partial charge in [0.1, 0.15) is 0 Å². The van der Waals surface area contributed by atoms with Gasteiger partial charge in [0, 0.05) is 16.9 Å². The molecule has 25 heavy (non-hydrogen) atoms. The number of hydrogen-bond donors (Lipinski definition) is 1. The van der Waals surface area contributed by atoms with Gasteiger partial charge in [-0.05, 0) is 30.7 Å². The second-order valence-corrected chi connectivity index (χ2v) is 6.85. The Bertz CT molecular complexity index is 980. The number of amides is 1. The van der Waals surface area contributed by atoms with Crippen LogP contribution in [-0.4, -0.2) is 15.7 Å². The summed E-state index contributed by atoms with van der Waals surface area (Å²) < 4.78 is 2.28. The SMILES string of the molecule is CC(NC(=O)Cc1nn(C)c(=O)c2ccccc12)c1ccc(Br)cc1. The third-order valence-corrected chi connectivity index (χ3v) is 4.64. The van der Waals surface area contributed by atoms with Crippen LogP contribution in [0.15, 0.2) is 57.8 Å². The van der Waals surface area contributed by atoms with Crippen molar-refractivity contribution in [3.8, 4) is 0 Å². The quantitative estimate of drug-likeness (QED) is 0.732. The topological polar surface area (TPSA) is 64.0 Å². The average Bonchev–Trinajstić information content (AvgIpc) is 2.60. The van der Waals surface area contributed by atoms with Gasteiger partial charge in [0.15, 0.2) is 0 Å². The minimum atomic E-state index is -0.164. The molecule has 0 fully saturated rings. The molecule has 1 aromatic heterocycles. The highest BCUT2D eigenvalue weighted by atomic mass is 79.9. The highest BCUT2D eigenvalue weighted by Gasteiger charge is 2.14. The lowest BCUT2D eigenvalue weighted by atomic mass is 10.1. The van der Waals surface area contributed by atoms with E-state index < -0.39 is 0 Å². The van der Waals surface area contributed by atoms with E-state index in [0.717, 1.165) is 15.4 Å². The van der Waals surface area contributed by atoms with E-state index in [-0.39, 0.29) is 23.9 Å². The molecule has 1 heterocycles. The molecule has 0 aliphatic rings. The highest BCUT2D eigenvalue weighted by Crippen LogP contribution is 2.17. The standard InChI is InChI=1S/C19H18BrN3O2/c1-12(13-7-9-14(20)10-8-13)21-18(24)11-17-15-5-3-4-6-16(15)19(25)23(2)22-17/h3-10,12H,11H2,1-2H3,(H,21,24). The maximum Gasteiger partial charge on any atom is 0.274 e. The summed E-state index contributed by atoms with van der Waals surface area (Å²) in [6, 6.07) is 14.9. The van der Waals surface area contributed by atoms with Crippen LogP contribution in [0.4, 0.5) is 0 Å². The predicted molar refractivity (Wildman–Crippen MR) is 101 cm³/mol. The van der Waals surface area contributed by atoms with Gasteiger partial charge < -0.3 is 5.32 Å². The molecule has 0 spiro atoms. The Labute approximate surface area is 153 Å². The van der Waals surface area contributed by atoms with Crippen LogP contribution < -0.4 is 10.9 Å². The van der Waals surface area contributed by atoms with Crippen molar-refractivity contribution in [2.75, 3.05) is 0 Å². The molecule has 128 valence electrons. The monoisotopic (exact) mass is 399 g/mol. The first-order chi connectivity index (χ1) is 12.0. The van der Waals surface area contributed by atoms with Gasteiger partial charge in [-0.25, -0.2) is 4.68 Å². The highest BCUT2D eigenvalue weighted by molar-refractivity contribution is 9.10. The van der Waals surface area contributed by atoms with Crippen molar-refractivity contribution in [3.05, 3.63) is 74.6 Å². The number of aryl methyl sites for hydroxylation is 1. The summed E-state index contributed by atoms with van der Waals surface area (Å²) in [5.41, 5.74) is 1.45. The van der Waals surface area contributed by atoms with Crippen LogP contribution in [0.1, 0.15) is 24.2 Å². The molecular weight excluding hydrogens is 382 g/mol. The Morgan fingerprint density at radius 2 is 1.80 bits per heavy atom. The van der Waals surface area contributed by atoms with E-state index in [1.165, 1.54) is 4.68 Å². The van der Waals surface area contributed by atoms with Crippen LogP contribution >= 0.6 is 15.9 Å². The Morgan fingerprint density at radius 1 is 1.16 bits per heavy atom. The summed E-state index contributed by atoms with van der Waals surface area (Å²) in [6.45, 7) is 1.94. The van der Waals surface area contributed by atoms with E-state index in [1.54, 1.807) is 13.1 Å². The predicted octanol–water partition coefficient (Wildman–Crippen LogP) is 3.12. The molecule has 0 aliphatic heterocycles. The molecule has 3 aromatic rings. The van der Waals surface area contributed by atoms with Gasteiger partial charge in [-0.3, -0.25) is 9.59 Å². The van der Waals surface area contributed by atoms with Gasteiger partial charge in [-0.2, -0.15) is 5.10 Å². The first kappa shape index (κ1) is 17.4. The van der Waals surface area contributed by atoms with Crippen LogP contribution in [0.25, 0.3) is 10.8 Å². The van der Waals surface area contributed by atoms with Gasteiger partial charge in [-0.1, -0.05) is 46.3 Å². The average molecular weight is 400 g/mol. The maximum absolute atomic E-state index is 12.5. The fourth-order valence-electron chi connectivity index (χ4n) is 2.79. The Hall–Kier alpha value is -2.47. The van der Waals surface area contributed by atoms with Crippen molar-refractivity contribution in [3.63, 3.8) is 0 Å². The Balaban J connectivity index is 1.81. The van der Waals surface area contributed by atoms with E-state index in [4.69, 9.17) is 0 Å². The van der Waals surface area contributed by atoms with Crippen molar-refractivity contribution in [1.82, 2.24) is 15.1 Å². The minimum Gasteiger partial charge on any atom is -0.349 e. The van der Waals surface area contributed by atoms with Gasteiger partial charge in [0.25, 0.3) is 5.56 Å². The lowest BCUT2D eigenvalue weighted by molar-refractivity contribution is -0.121. The zero-order chi connectivity index (χ0) is 18.0. The summed E-state index contributed by atoms with van der Waals surface area (Å²) in [7, 11) is 1.60. The van der Waals surface area contributed by atoms with Crippen molar-refractivity contribution < 1.29 is 4.79 Å². The third-order valence-electron chi connectivity index (χ3n) is 4.11. The number of aromatic nitrogens is 2. The molecule has 2 aromatic carbocycles. The van der Waals surface area contributed by atoms with Crippen molar-refractivity contribution in [1.29, 1.82) is 0 Å². The second-order valence-electron chi connectivity index (χ2n) is 5.94. The minimum absolute atomic E-state index is 0.112. The van der Waals surface area contributed by atoms with Crippen molar-refractivity contribution in [2.24, 2.45) is 7.05 Å². The fourth-order valence-corrected chi connectivity index (χ4v) is 3.05. The number of fused-ring (bicyclic) bond motifs is 1. The number of carbonyl (C=O) groups excluding carboxylic acids is 1. The van der Waals surface area contributed by atoms with E-state index >= 15 is 0 Å². The van der Waals surface area contributed by atoms with Crippen LogP contribution in [0.2, 0.25) is 0 Å². The molecule has 1 N–H and O–H groups in total. The van der Waals surface area contributed by atoms with E-state index in [1.807, 2.05) is 49.4 Å². The third kappa shape index (κ3) is 3.79. The molecule has 0 saturated carbocycles. The van der Waals surface area contributed by atoms with E-state index in [9.17, 15) is 9.59 Å². The summed E-state index contributed by atoms with van der Waals surface area (Å²) in [4.78, 5) is 24.6. The summed E-state index contributed by atoms with van der Waals surface area (Å²) in [5, 5.41) is 8.54. The number of hydrogen-bond acceptors (Lipinski definition) is 3. The van der Waals surface area contributed by atoms with Gasteiger partial charge in [0.2, 0.25) is 5.91 Å². The Kier molecular flexibility index (Phi) is 4.99. The van der Waals surface area contributed by atoms with Crippen molar-refractivity contribution >= 4 is 32.6 Å².